The smallest absolute Gasteiger partial charge is 0.125 e. The van der Waals surface area contributed by atoms with Crippen LogP contribution in [-0.4, -0.2) is 13.2 Å². The van der Waals surface area contributed by atoms with Crippen molar-refractivity contribution in [2.75, 3.05) is 13.2 Å². The quantitative estimate of drug-likeness (QED) is 0.869. The molecular weight excluding hydrogens is 278 g/mol. The van der Waals surface area contributed by atoms with Crippen molar-refractivity contribution in [1.29, 1.82) is 0 Å². The van der Waals surface area contributed by atoms with Gasteiger partial charge in [0.25, 0.3) is 0 Å². The summed E-state index contributed by atoms with van der Waals surface area (Å²) in [6.07, 6.45) is 1.94. The van der Waals surface area contributed by atoms with Crippen molar-refractivity contribution in [3.8, 4) is 5.75 Å². The van der Waals surface area contributed by atoms with Crippen molar-refractivity contribution in [2.45, 2.75) is 33.6 Å². The molecule has 3 heteroatoms. The third kappa shape index (κ3) is 4.68. The predicted molar refractivity (Wildman–Crippen MR) is 76.6 cm³/mol. The van der Waals surface area contributed by atoms with Crippen LogP contribution in [-0.2, 0) is 6.42 Å². The summed E-state index contributed by atoms with van der Waals surface area (Å²) in [6, 6.07) is 4.19. The zero-order chi connectivity index (χ0) is 12.8. The number of halogens is 1. The summed E-state index contributed by atoms with van der Waals surface area (Å²) < 4.78 is 7.00. The third-order valence-electron chi connectivity index (χ3n) is 2.67. The lowest BCUT2D eigenvalue weighted by molar-refractivity contribution is 0.285. The lowest BCUT2D eigenvalue weighted by Gasteiger charge is -2.15. The second-order valence-electron chi connectivity index (χ2n) is 4.78. The highest BCUT2D eigenvalue weighted by Crippen LogP contribution is 2.28. The first kappa shape index (κ1) is 14.5. The number of benzene rings is 1. The van der Waals surface area contributed by atoms with Crippen molar-refractivity contribution in [1.82, 2.24) is 0 Å². The molecule has 0 aliphatic rings. The Bertz CT molecular complexity index is 363. The zero-order valence-corrected chi connectivity index (χ0v) is 12.5. The van der Waals surface area contributed by atoms with Crippen molar-refractivity contribution in [3.63, 3.8) is 0 Å². The van der Waals surface area contributed by atoms with Crippen LogP contribution in [0.4, 0.5) is 0 Å². The fraction of sp³-hybridized carbons (Fsp3) is 0.571. The average molecular weight is 300 g/mol. The van der Waals surface area contributed by atoms with Gasteiger partial charge in [-0.3, -0.25) is 0 Å². The molecule has 0 amide bonds. The topological polar surface area (TPSA) is 35.2 Å². The number of rotatable bonds is 6. The van der Waals surface area contributed by atoms with Gasteiger partial charge in [-0.05, 0) is 55.5 Å². The van der Waals surface area contributed by atoms with E-state index in [9.17, 15) is 0 Å². The fourth-order valence-electron chi connectivity index (χ4n) is 1.74. The number of aryl methyl sites for hydroxylation is 1. The summed E-state index contributed by atoms with van der Waals surface area (Å²) in [5, 5.41) is 0. The second-order valence-corrected chi connectivity index (χ2v) is 5.70. The third-order valence-corrected chi connectivity index (χ3v) is 3.13. The summed E-state index contributed by atoms with van der Waals surface area (Å²) in [4.78, 5) is 0. The van der Waals surface area contributed by atoms with Crippen LogP contribution in [0.3, 0.4) is 0 Å². The molecule has 0 atom stereocenters. The largest absolute Gasteiger partial charge is 0.493 e. The van der Waals surface area contributed by atoms with Gasteiger partial charge in [0, 0.05) is 4.47 Å². The maximum absolute atomic E-state index is 5.91. The Kier molecular flexibility index (Phi) is 6.00. The molecule has 0 saturated carbocycles. The normalized spacial score (nSPS) is 10.9. The summed E-state index contributed by atoms with van der Waals surface area (Å²) in [7, 11) is 0. The molecule has 1 aromatic rings. The van der Waals surface area contributed by atoms with E-state index < -0.39 is 0 Å². The fourth-order valence-corrected chi connectivity index (χ4v) is 2.36. The molecule has 0 bridgehead atoms. The maximum Gasteiger partial charge on any atom is 0.125 e. The summed E-state index contributed by atoms with van der Waals surface area (Å²) in [5.74, 6) is 1.68. The van der Waals surface area contributed by atoms with Gasteiger partial charge in [0.1, 0.15) is 5.75 Å². The summed E-state index contributed by atoms with van der Waals surface area (Å²) in [5.41, 5.74) is 8.01. The van der Waals surface area contributed by atoms with Crippen molar-refractivity contribution >= 4 is 15.9 Å². The molecule has 0 unspecified atom stereocenters. The molecule has 0 aliphatic carbocycles. The minimum Gasteiger partial charge on any atom is -0.493 e. The maximum atomic E-state index is 5.91. The van der Waals surface area contributed by atoms with Gasteiger partial charge in [-0.15, -0.1) is 0 Å². The number of nitrogens with two attached hydrogens (primary N) is 1. The molecule has 2 nitrogen and oxygen atoms in total. The van der Waals surface area contributed by atoms with Crippen LogP contribution in [0.2, 0.25) is 0 Å². The summed E-state index contributed by atoms with van der Waals surface area (Å²) in [6.45, 7) is 7.92. The van der Waals surface area contributed by atoms with Crippen molar-refractivity contribution in [3.05, 3.63) is 27.7 Å². The lowest BCUT2D eigenvalue weighted by atomic mass is 10.1. The Labute approximate surface area is 113 Å². The highest BCUT2D eigenvalue weighted by molar-refractivity contribution is 9.10. The first-order valence-electron chi connectivity index (χ1n) is 6.16. The molecule has 1 rings (SSSR count). The second kappa shape index (κ2) is 7.02. The van der Waals surface area contributed by atoms with E-state index in [0.717, 1.165) is 29.7 Å². The van der Waals surface area contributed by atoms with Gasteiger partial charge in [0.15, 0.2) is 0 Å². The zero-order valence-electron chi connectivity index (χ0n) is 10.9. The average Bonchev–Trinajstić information content (AvgIpc) is 2.21. The molecule has 0 radical (unpaired) electrons. The molecule has 96 valence electrons. The van der Waals surface area contributed by atoms with E-state index in [-0.39, 0.29) is 0 Å². The Morgan fingerprint density at radius 2 is 2.06 bits per heavy atom. The minimum atomic E-state index is 0.649. The van der Waals surface area contributed by atoms with Gasteiger partial charge in [0.05, 0.1) is 6.61 Å². The molecule has 0 spiro atoms. The Balaban J connectivity index is 2.80. The van der Waals surface area contributed by atoms with E-state index >= 15 is 0 Å². The van der Waals surface area contributed by atoms with E-state index in [1.54, 1.807) is 0 Å². The number of hydrogen-bond donors (Lipinski definition) is 1. The van der Waals surface area contributed by atoms with Crippen LogP contribution in [0.5, 0.6) is 5.75 Å². The molecule has 0 heterocycles. The molecular formula is C14H22BrNO. The van der Waals surface area contributed by atoms with Crippen LogP contribution < -0.4 is 10.5 Å². The van der Waals surface area contributed by atoms with E-state index in [2.05, 4.69) is 48.8 Å². The van der Waals surface area contributed by atoms with Crippen molar-refractivity contribution in [2.24, 2.45) is 11.7 Å². The Morgan fingerprint density at radius 1 is 1.35 bits per heavy atom. The SMILES string of the molecule is Cc1cc(Br)cc(CCN)c1OCCC(C)C. The van der Waals surface area contributed by atoms with E-state index in [1.165, 1.54) is 11.1 Å². The standard InChI is InChI=1S/C14H22BrNO/c1-10(2)5-7-17-14-11(3)8-13(15)9-12(14)4-6-16/h8-10H,4-7,16H2,1-3H3. The molecule has 0 aromatic heterocycles. The van der Waals surface area contributed by atoms with Gasteiger partial charge in [-0.1, -0.05) is 29.8 Å². The van der Waals surface area contributed by atoms with E-state index in [1.807, 2.05) is 0 Å². The van der Waals surface area contributed by atoms with E-state index in [0.29, 0.717) is 12.5 Å². The Morgan fingerprint density at radius 3 is 2.65 bits per heavy atom. The van der Waals surface area contributed by atoms with Crippen LogP contribution in [0.25, 0.3) is 0 Å². The van der Waals surface area contributed by atoms with Crippen LogP contribution >= 0.6 is 15.9 Å². The van der Waals surface area contributed by atoms with Gasteiger partial charge >= 0.3 is 0 Å². The highest BCUT2D eigenvalue weighted by atomic mass is 79.9. The molecule has 0 saturated heterocycles. The molecule has 0 fully saturated rings. The number of ether oxygens (including phenoxy) is 1. The minimum absolute atomic E-state index is 0.649. The van der Waals surface area contributed by atoms with Crippen LogP contribution in [0.1, 0.15) is 31.4 Å². The predicted octanol–water partition coefficient (Wildman–Crippen LogP) is 3.68. The summed E-state index contributed by atoms with van der Waals surface area (Å²) >= 11 is 3.51. The first-order chi connectivity index (χ1) is 8.04. The first-order valence-corrected chi connectivity index (χ1v) is 6.95. The highest BCUT2D eigenvalue weighted by Gasteiger charge is 2.08. The van der Waals surface area contributed by atoms with Gasteiger partial charge < -0.3 is 10.5 Å². The molecule has 1 aromatic carbocycles. The van der Waals surface area contributed by atoms with Crippen LogP contribution in [0, 0.1) is 12.8 Å². The molecule has 0 aliphatic heterocycles. The Hall–Kier alpha value is -0.540. The van der Waals surface area contributed by atoms with Gasteiger partial charge in [-0.2, -0.15) is 0 Å². The van der Waals surface area contributed by atoms with Crippen molar-refractivity contribution < 1.29 is 4.74 Å². The number of hydrogen-bond acceptors (Lipinski definition) is 2. The van der Waals surface area contributed by atoms with Gasteiger partial charge in [-0.25, -0.2) is 0 Å². The molecule has 17 heavy (non-hydrogen) atoms. The van der Waals surface area contributed by atoms with E-state index in [4.69, 9.17) is 10.5 Å². The van der Waals surface area contributed by atoms with Gasteiger partial charge in [0.2, 0.25) is 0 Å². The van der Waals surface area contributed by atoms with Crippen LogP contribution in [0.15, 0.2) is 16.6 Å². The molecule has 2 N–H and O–H groups in total. The lowest BCUT2D eigenvalue weighted by Crippen LogP contribution is -2.08. The monoisotopic (exact) mass is 299 g/mol.